The van der Waals surface area contributed by atoms with Gasteiger partial charge in [-0.05, 0) is 36.2 Å². The maximum absolute atomic E-state index is 12.3. The molecule has 0 saturated carbocycles. The standard InChI is InChI=1S/C20H21N3O3/c1-2-14-8-10-17(11-9-14)23-13-16(12-18(23)24)20(26)22-21-19(25)15-6-4-3-5-7-15/h3-11,16H,2,12-13H2,1H3,(H,21,25)(H,22,26)/t16-/m1/s1. The number of amides is 3. The Morgan fingerprint density at radius 3 is 2.38 bits per heavy atom. The fourth-order valence-electron chi connectivity index (χ4n) is 2.93. The molecule has 3 rings (SSSR count). The summed E-state index contributed by atoms with van der Waals surface area (Å²) in [6, 6.07) is 16.4. The van der Waals surface area contributed by atoms with Gasteiger partial charge in [0.1, 0.15) is 0 Å². The summed E-state index contributed by atoms with van der Waals surface area (Å²) in [6.07, 6.45) is 1.06. The van der Waals surface area contributed by atoms with Gasteiger partial charge in [-0.3, -0.25) is 25.2 Å². The van der Waals surface area contributed by atoms with Gasteiger partial charge in [0.2, 0.25) is 11.8 Å². The molecule has 2 aromatic rings. The third kappa shape index (κ3) is 3.91. The second-order valence-electron chi connectivity index (χ2n) is 6.23. The van der Waals surface area contributed by atoms with Crippen LogP contribution in [0.15, 0.2) is 54.6 Å². The zero-order valence-electron chi connectivity index (χ0n) is 14.6. The molecule has 6 nitrogen and oxygen atoms in total. The second-order valence-corrected chi connectivity index (χ2v) is 6.23. The monoisotopic (exact) mass is 351 g/mol. The van der Waals surface area contributed by atoms with Crippen LogP contribution in [-0.2, 0) is 16.0 Å². The van der Waals surface area contributed by atoms with Gasteiger partial charge >= 0.3 is 0 Å². The highest BCUT2D eigenvalue weighted by Gasteiger charge is 2.35. The van der Waals surface area contributed by atoms with Crippen molar-refractivity contribution >= 4 is 23.4 Å². The van der Waals surface area contributed by atoms with Gasteiger partial charge in [0.05, 0.1) is 5.92 Å². The van der Waals surface area contributed by atoms with Crippen molar-refractivity contribution in [2.75, 3.05) is 11.4 Å². The Hall–Kier alpha value is -3.15. The molecule has 2 N–H and O–H groups in total. The summed E-state index contributed by atoms with van der Waals surface area (Å²) in [5, 5.41) is 0. The molecule has 26 heavy (non-hydrogen) atoms. The summed E-state index contributed by atoms with van der Waals surface area (Å²) in [7, 11) is 0. The lowest BCUT2D eigenvalue weighted by Gasteiger charge is -2.17. The predicted octanol–water partition coefficient (Wildman–Crippen LogP) is 2.06. The summed E-state index contributed by atoms with van der Waals surface area (Å²) in [6.45, 7) is 2.37. The molecule has 1 saturated heterocycles. The van der Waals surface area contributed by atoms with E-state index < -0.39 is 11.8 Å². The molecule has 1 aliphatic rings. The van der Waals surface area contributed by atoms with E-state index in [4.69, 9.17) is 0 Å². The van der Waals surface area contributed by atoms with E-state index in [1.165, 1.54) is 5.56 Å². The van der Waals surface area contributed by atoms with Crippen molar-refractivity contribution < 1.29 is 14.4 Å². The van der Waals surface area contributed by atoms with E-state index in [1.54, 1.807) is 35.2 Å². The van der Waals surface area contributed by atoms with Crippen LogP contribution in [0.5, 0.6) is 0 Å². The SMILES string of the molecule is CCc1ccc(N2C[C@H](C(=O)NNC(=O)c3ccccc3)CC2=O)cc1. The Balaban J connectivity index is 1.57. The molecular formula is C20H21N3O3. The Labute approximate surface area is 152 Å². The number of hydrogen-bond acceptors (Lipinski definition) is 3. The number of aryl methyl sites for hydroxylation is 1. The number of hydrazine groups is 1. The van der Waals surface area contributed by atoms with Crippen LogP contribution in [0, 0.1) is 5.92 Å². The summed E-state index contributed by atoms with van der Waals surface area (Å²) >= 11 is 0. The quantitative estimate of drug-likeness (QED) is 0.828. The van der Waals surface area contributed by atoms with Gasteiger partial charge in [-0.15, -0.1) is 0 Å². The van der Waals surface area contributed by atoms with E-state index in [9.17, 15) is 14.4 Å². The van der Waals surface area contributed by atoms with Crippen LogP contribution in [0.4, 0.5) is 5.69 Å². The van der Waals surface area contributed by atoms with Crippen molar-refractivity contribution in [2.24, 2.45) is 5.92 Å². The molecular weight excluding hydrogens is 330 g/mol. The molecule has 0 aliphatic carbocycles. The van der Waals surface area contributed by atoms with Gasteiger partial charge in [0, 0.05) is 24.2 Å². The molecule has 0 aromatic heterocycles. The first-order valence-electron chi connectivity index (χ1n) is 8.63. The van der Waals surface area contributed by atoms with Crippen molar-refractivity contribution in [1.82, 2.24) is 10.9 Å². The zero-order valence-corrected chi connectivity index (χ0v) is 14.6. The fraction of sp³-hybridized carbons (Fsp3) is 0.250. The molecule has 2 aromatic carbocycles. The van der Waals surface area contributed by atoms with Gasteiger partial charge in [0.15, 0.2) is 0 Å². The number of rotatable bonds is 4. The Morgan fingerprint density at radius 1 is 1.04 bits per heavy atom. The number of hydrogen-bond donors (Lipinski definition) is 2. The third-order valence-corrected chi connectivity index (χ3v) is 4.49. The maximum Gasteiger partial charge on any atom is 0.269 e. The minimum Gasteiger partial charge on any atom is -0.312 e. The summed E-state index contributed by atoms with van der Waals surface area (Å²) in [4.78, 5) is 38.1. The molecule has 1 fully saturated rings. The lowest BCUT2D eigenvalue weighted by Crippen LogP contribution is -2.45. The van der Waals surface area contributed by atoms with Gasteiger partial charge in [-0.2, -0.15) is 0 Å². The van der Waals surface area contributed by atoms with Crippen LogP contribution in [0.1, 0.15) is 29.3 Å². The smallest absolute Gasteiger partial charge is 0.269 e. The van der Waals surface area contributed by atoms with Crippen molar-refractivity contribution in [2.45, 2.75) is 19.8 Å². The van der Waals surface area contributed by atoms with Gasteiger partial charge in [0.25, 0.3) is 5.91 Å². The molecule has 1 atom stereocenters. The number of carbonyl (C=O) groups excluding carboxylic acids is 3. The molecule has 1 aliphatic heterocycles. The number of carbonyl (C=O) groups is 3. The maximum atomic E-state index is 12.3. The first kappa shape index (κ1) is 17.7. The number of benzene rings is 2. The van der Waals surface area contributed by atoms with Crippen LogP contribution in [-0.4, -0.2) is 24.3 Å². The summed E-state index contributed by atoms with van der Waals surface area (Å²) in [5.74, 6) is -1.35. The largest absolute Gasteiger partial charge is 0.312 e. The van der Waals surface area contributed by atoms with E-state index in [0.717, 1.165) is 12.1 Å². The van der Waals surface area contributed by atoms with E-state index in [1.807, 2.05) is 24.3 Å². The highest BCUT2D eigenvalue weighted by atomic mass is 16.2. The molecule has 0 bridgehead atoms. The fourth-order valence-corrected chi connectivity index (χ4v) is 2.93. The van der Waals surface area contributed by atoms with Crippen LogP contribution in [0.2, 0.25) is 0 Å². The molecule has 0 radical (unpaired) electrons. The van der Waals surface area contributed by atoms with Crippen molar-refractivity contribution in [3.8, 4) is 0 Å². The Bertz CT molecular complexity index is 803. The van der Waals surface area contributed by atoms with E-state index >= 15 is 0 Å². The Kier molecular flexibility index (Phi) is 5.31. The van der Waals surface area contributed by atoms with Crippen LogP contribution in [0.25, 0.3) is 0 Å². The third-order valence-electron chi connectivity index (χ3n) is 4.49. The first-order valence-corrected chi connectivity index (χ1v) is 8.63. The first-order chi connectivity index (χ1) is 12.6. The summed E-state index contributed by atoms with van der Waals surface area (Å²) < 4.78 is 0. The number of anilines is 1. The van der Waals surface area contributed by atoms with Gasteiger partial charge < -0.3 is 4.90 Å². The topological polar surface area (TPSA) is 78.5 Å². The van der Waals surface area contributed by atoms with Crippen molar-refractivity contribution in [3.63, 3.8) is 0 Å². The molecule has 134 valence electrons. The predicted molar refractivity (Wildman–Crippen MR) is 98.3 cm³/mol. The lowest BCUT2D eigenvalue weighted by molar-refractivity contribution is -0.126. The summed E-state index contributed by atoms with van der Waals surface area (Å²) in [5.41, 5.74) is 7.24. The van der Waals surface area contributed by atoms with Gasteiger partial charge in [-0.25, -0.2) is 0 Å². The zero-order chi connectivity index (χ0) is 18.5. The normalized spacial score (nSPS) is 16.4. The average Bonchev–Trinajstić information content (AvgIpc) is 3.08. The van der Waals surface area contributed by atoms with E-state index in [-0.39, 0.29) is 18.2 Å². The number of nitrogens with zero attached hydrogens (tertiary/aromatic N) is 1. The number of nitrogens with one attached hydrogen (secondary N) is 2. The van der Waals surface area contributed by atoms with E-state index in [2.05, 4.69) is 17.8 Å². The minimum absolute atomic E-state index is 0.0937. The highest BCUT2D eigenvalue weighted by Crippen LogP contribution is 2.25. The molecule has 6 heteroatoms. The minimum atomic E-state index is -0.496. The van der Waals surface area contributed by atoms with Crippen LogP contribution >= 0.6 is 0 Å². The van der Waals surface area contributed by atoms with Crippen LogP contribution in [0.3, 0.4) is 0 Å². The van der Waals surface area contributed by atoms with Crippen molar-refractivity contribution in [1.29, 1.82) is 0 Å². The molecule has 0 unspecified atom stereocenters. The van der Waals surface area contributed by atoms with Crippen LogP contribution < -0.4 is 15.8 Å². The molecule has 0 spiro atoms. The van der Waals surface area contributed by atoms with E-state index in [0.29, 0.717) is 12.1 Å². The van der Waals surface area contributed by atoms with Gasteiger partial charge in [-0.1, -0.05) is 37.3 Å². The average molecular weight is 351 g/mol. The lowest BCUT2D eigenvalue weighted by atomic mass is 10.1. The Morgan fingerprint density at radius 2 is 1.73 bits per heavy atom. The highest BCUT2D eigenvalue weighted by molar-refractivity contribution is 6.01. The van der Waals surface area contributed by atoms with Crippen molar-refractivity contribution in [3.05, 3.63) is 65.7 Å². The molecule has 3 amide bonds. The second kappa shape index (κ2) is 7.82. The molecule has 1 heterocycles.